The Bertz CT molecular complexity index is 258. The van der Waals surface area contributed by atoms with E-state index in [0.717, 1.165) is 0 Å². The summed E-state index contributed by atoms with van der Waals surface area (Å²) in [5.74, 6) is -0.202. The lowest BCUT2D eigenvalue weighted by atomic mass is 10.2. The molecule has 0 aromatic heterocycles. The van der Waals surface area contributed by atoms with Gasteiger partial charge < -0.3 is 5.73 Å². The Balaban J connectivity index is 3.07. The van der Waals surface area contributed by atoms with Gasteiger partial charge in [0.05, 0.1) is 5.56 Å². The van der Waals surface area contributed by atoms with E-state index in [9.17, 15) is 4.79 Å². The first-order valence-electron chi connectivity index (χ1n) is 2.92. The Kier molecular flexibility index (Phi) is 1.69. The number of hydrogen-bond donors (Lipinski definition) is 2. The van der Waals surface area contributed by atoms with E-state index in [1.807, 2.05) is 0 Å². The number of nitrogens with two attached hydrogens (primary N) is 1. The maximum absolute atomic E-state index is 10.6. The quantitative estimate of drug-likeness (QED) is 0.519. The van der Waals surface area contributed by atoms with E-state index in [-0.39, 0.29) is 5.91 Å². The van der Waals surface area contributed by atoms with E-state index in [0.29, 0.717) is 11.3 Å². The van der Waals surface area contributed by atoms with Crippen LogP contribution in [0.2, 0.25) is 0 Å². The van der Waals surface area contributed by atoms with Crippen LogP contribution < -0.4 is 11.5 Å². The largest absolute Gasteiger partial charge is 0.399 e. The SMILES string of the molecule is Nc1cccc(C([NH3+])=O)c1. The topological polar surface area (TPSA) is 70.7 Å². The third-order valence-corrected chi connectivity index (χ3v) is 1.21. The van der Waals surface area contributed by atoms with E-state index >= 15 is 0 Å². The van der Waals surface area contributed by atoms with Crippen molar-refractivity contribution in [1.29, 1.82) is 0 Å². The Morgan fingerprint density at radius 1 is 1.50 bits per heavy atom. The van der Waals surface area contributed by atoms with Crippen LogP contribution in [-0.2, 0) is 0 Å². The fourth-order valence-electron chi connectivity index (χ4n) is 0.712. The van der Waals surface area contributed by atoms with E-state index in [1.54, 1.807) is 24.3 Å². The van der Waals surface area contributed by atoms with Crippen molar-refractivity contribution < 1.29 is 10.5 Å². The molecule has 3 nitrogen and oxygen atoms in total. The lowest BCUT2D eigenvalue weighted by molar-refractivity contribution is -0.255. The number of rotatable bonds is 1. The second-order valence-corrected chi connectivity index (χ2v) is 2.05. The standard InChI is InChI=1S/C7H8N2O/c8-6-3-1-2-5(4-6)7(9)10/h1-4H,8H2,(H2,9,10)/p+1. The van der Waals surface area contributed by atoms with Crippen molar-refractivity contribution in [2.24, 2.45) is 0 Å². The van der Waals surface area contributed by atoms with Gasteiger partial charge in [-0.05, 0) is 18.2 Å². The molecule has 10 heavy (non-hydrogen) atoms. The maximum Gasteiger partial charge on any atom is 0.341 e. The first-order valence-corrected chi connectivity index (χ1v) is 2.92. The summed E-state index contributed by atoms with van der Waals surface area (Å²) in [6.07, 6.45) is 0. The Hall–Kier alpha value is -1.35. The Morgan fingerprint density at radius 2 is 2.20 bits per heavy atom. The smallest absolute Gasteiger partial charge is 0.341 e. The third kappa shape index (κ3) is 1.33. The minimum Gasteiger partial charge on any atom is -0.399 e. The monoisotopic (exact) mass is 137 g/mol. The van der Waals surface area contributed by atoms with Crippen molar-refractivity contribution in [3.05, 3.63) is 29.8 Å². The molecule has 0 unspecified atom stereocenters. The van der Waals surface area contributed by atoms with Crippen LogP contribution in [0.3, 0.4) is 0 Å². The molecule has 0 aliphatic carbocycles. The van der Waals surface area contributed by atoms with Crippen LogP contribution >= 0.6 is 0 Å². The lowest BCUT2D eigenvalue weighted by Gasteiger charge is -1.92. The van der Waals surface area contributed by atoms with Crippen LogP contribution in [0.5, 0.6) is 0 Å². The van der Waals surface area contributed by atoms with E-state index < -0.39 is 0 Å². The molecule has 1 rings (SSSR count). The molecule has 0 bridgehead atoms. The number of hydrogen-bond acceptors (Lipinski definition) is 2. The number of carbonyl (C=O) groups excluding carboxylic acids is 1. The summed E-state index contributed by atoms with van der Waals surface area (Å²) in [4.78, 5) is 10.6. The number of benzene rings is 1. The minimum atomic E-state index is -0.202. The molecule has 5 N–H and O–H groups in total. The highest BCUT2D eigenvalue weighted by atomic mass is 16.1. The van der Waals surface area contributed by atoms with Crippen molar-refractivity contribution in [1.82, 2.24) is 0 Å². The second-order valence-electron chi connectivity index (χ2n) is 2.05. The fraction of sp³-hybridized carbons (Fsp3) is 0. The van der Waals surface area contributed by atoms with Gasteiger partial charge >= 0.3 is 5.91 Å². The van der Waals surface area contributed by atoms with Crippen LogP contribution in [0.15, 0.2) is 24.3 Å². The van der Waals surface area contributed by atoms with Crippen molar-refractivity contribution in [3.63, 3.8) is 0 Å². The predicted octanol–water partition coefficient (Wildman–Crippen LogP) is -0.349. The summed E-state index contributed by atoms with van der Waals surface area (Å²) in [6, 6.07) is 6.75. The molecule has 1 amide bonds. The zero-order valence-corrected chi connectivity index (χ0v) is 5.50. The summed E-state index contributed by atoms with van der Waals surface area (Å²) < 4.78 is 0. The average Bonchev–Trinajstić information content (AvgIpc) is 1.88. The minimum absolute atomic E-state index is 0.202. The zero-order chi connectivity index (χ0) is 7.56. The average molecular weight is 137 g/mol. The van der Waals surface area contributed by atoms with Crippen LogP contribution in [0.1, 0.15) is 10.4 Å². The molecular weight excluding hydrogens is 128 g/mol. The van der Waals surface area contributed by atoms with Crippen molar-refractivity contribution in [2.75, 3.05) is 5.73 Å². The van der Waals surface area contributed by atoms with Gasteiger partial charge in [-0.3, -0.25) is 5.73 Å². The first kappa shape index (κ1) is 6.77. The van der Waals surface area contributed by atoms with Crippen LogP contribution in [0.25, 0.3) is 0 Å². The molecular formula is C7H9N2O+. The van der Waals surface area contributed by atoms with E-state index in [2.05, 4.69) is 5.73 Å². The Morgan fingerprint density at radius 3 is 2.60 bits per heavy atom. The van der Waals surface area contributed by atoms with Gasteiger partial charge in [0.1, 0.15) is 0 Å². The van der Waals surface area contributed by atoms with Crippen molar-refractivity contribution in [2.45, 2.75) is 0 Å². The molecule has 1 aromatic rings. The van der Waals surface area contributed by atoms with Crippen LogP contribution in [0, 0.1) is 0 Å². The Labute approximate surface area is 58.6 Å². The molecule has 0 fully saturated rings. The molecule has 52 valence electrons. The number of anilines is 1. The van der Waals surface area contributed by atoms with Crippen molar-refractivity contribution >= 4 is 11.6 Å². The van der Waals surface area contributed by atoms with Gasteiger partial charge in [-0.25, -0.2) is 4.79 Å². The number of quaternary nitrogens is 1. The van der Waals surface area contributed by atoms with Gasteiger partial charge in [-0.15, -0.1) is 0 Å². The molecule has 0 aliphatic rings. The predicted molar refractivity (Wildman–Crippen MR) is 38.1 cm³/mol. The van der Waals surface area contributed by atoms with Gasteiger partial charge in [0.25, 0.3) is 0 Å². The molecule has 0 saturated heterocycles. The number of carbonyl (C=O) groups is 1. The zero-order valence-electron chi connectivity index (χ0n) is 5.50. The maximum atomic E-state index is 10.6. The fourth-order valence-corrected chi connectivity index (χ4v) is 0.712. The van der Waals surface area contributed by atoms with Crippen molar-refractivity contribution in [3.8, 4) is 0 Å². The van der Waals surface area contributed by atoms with E-state index in [4.69, 9.17) is 5.73 Å². The van der Waals surface area contributed by atoms with Gasteiger partial charge in [-0.2, -0.15) is 0 Å². The number of nitrogen functional groups attached to an aromatic ring is 1. The molecule has 0 saturated carbocycles. The summed E-state index contributed by atoms with van der Waals surface area (Å²) >= 11 is 0. The van der Waals surface area contributed by atoms with E-state index in [1.165, 1.54) is 0 Å². The molecule has 0 aliphatic heterocycles. The van der Waals surface area contributed by atoms with Gasteiger partial charge in [0.2, 0.25) is 0 Å². The highest BCUT2D eigenvalue weighted by molar-refractivity contribution is 5.86. The highest BCUT2D eigenvalue weighted by Gasteiger charge is 2.01. The second kappa shape index (κ2) is 2.49. The summed E-state index contributed by atoms with van der Waals surface area (Å²) in [7, 11) is 0. The summed E-state index contributed by atoms with van der Waals surface area (Å²) in [5.41, 5.74) is 9.82. The molecule has 1 aromatic carbocycles. The normalized spacial score (nSPS) is 9.30. The first-order chi connectivity index (χ1) is 4.70. The molecule has 0 atom stereocenters. The van der Waals surface area contributed by atoms with Gasteiger partial charge in [-0.1, -0.05) is 6.07 Å². The van der Waals surface area contributed by atoms with Gasteiger partial charge in [0, 0.05) is 5.69 Å². The summed E-state index contributed by atoms with van der Waals surface area (Å²) in [5, 5.41) is 0. The van der Waals surface area contributed by atoms with Crippen LogP contribution in [0.4, 0.5) is 5.69 Å². The molecule has 0 radical (unpaired) electrons. The molecule has 0 heterocycles. The molecule has 3 heteroatoms. The lowest BCUT2D eigenvalue weighted by Crippen LogP contribution is -2.56. The molecule has 0 spiro atoms. The summed E-state index contributed by atoms with van der Waals surface area (Å²) in [6.45, 7) is 0. The third-order valence-electron chi connectivity index (χ3n) is 1.21. The highest BCUT2D eigenvalue weighted by Crippen LogP contribution is 2.04. The number of amides is 1. The van der Waals surface area contributed by atoms with Gasteiger partial charge in [0.15, 0.2) is 0 Å². The van der Waals surface area contributed by atoms with Crippen LogP contribution in [-0.4, -0.2) is 5.91 Å².